The van der Waals surface area contributed by atoms with E-state index in [1.54, 1.807) is 0 Å². The van der Waals surface area contributed by atoms with Gasteiger partial charge in [-0.25, -0.2) is 0 Å². The molecule has 0 amide bonds. The van der Waals surface area contributed by atoms with E-state index in [0.717, 1.165) is 22.1 Å². The average molecular weight is 192 g/mol. The van der Waals surface area contributed by atoms with Gasteiger partial charge in [0.1, 0.15) is 0 Å². The highest BCUT2D eigenvalue weighted by Crippen LogP contribution is 2.26. The molecule has 0 atom stereocenters. The van der Waals surface area contributed by atoms with Crippen LogP contribution in [0.15, 0.2) is 43.0 Å². The second-order valence-electron chi connectivity index (χ2n) is 3.63. The second kappa shape index (κ2) is 3.63. The molecule has 0 saturated heterocycles. The lowest BCUT2D eigenvalue weighted by Gasteiger charge is -2.07. The molecule has 0 heterocycles. The number of benzene rings is 2. The Bertz CT molecular complexity index is 563. The van der Waals surface area contributed by atoms with Gasteiger partial charge in [-0.05, 0) is 23.9 Å². The number of hydrogen-bond acceptors (Lipinski definition) is 0. The molecule has 0 radical (unpaired) electrons. The molecule has 2 rings (SSSR count). The number of terminal acetylenes is 1. The van der Waals surface area contributed by atoms with Crippen LogP contribution in [0.5, 0.6) is 0 Å². The van der Waals surface area contributed by atoms with Gasteiger partial charge >= 0.3 is 0 Å². The summed E-state index contributed by atoms with van der Waals surface area (Å²) >= 11 is 0. The van der Waals surface area contributed by atoms with Gasteiger partial charge < -0.3 is 0 Å². The molecule has 0 saturated carbocycles. The quantitative estimate of drug-likeness (QED) is 0.602. The third-order valence-electron chi connectivity index (χ3n) is 2.52. The molecular formula is C15H12. The van der Waals surface area contributed by atoms with Crippen LogP contribution in [-0.4, -0.2) is 0 Å². The average Bonchev–Trinajstić information content (AvgIpc) is 2.27. The van der Waals surface area contributed by atoms with Gasteiger partial charge in [-0.1, -0.05) is 48.4 Å². The molecule has 0 aliphatic carbocycles. The monoisotopic (exact) mass is 192 g/mol. The highest BCUT2D eigenvalue weighted by molar-refractivity contribution is 5.97. The van der Waals surface area contributed by atoms with Gasteiger partial charge in [0.25, 0.3) is 0 Å². The Balaban J connectivity index is 2.95. The maximum atomic E-state index is 5.51. The van der Waals surface area contributed by atoms with E-state index in [1.807, 2.05) is 25.1 Å². The van der Waals surface area contributed by atoms with E-state index in [-0.39, 0.29) is 0 Å². The SMILES string of the molecule is C#Cc1cccc2cccc(C(=C)C)c12. The first-order valence-corrected chi connectivity index (χ1v) is 4.88. The molecule has 0 fully saturated rings. The number of fused-ring (bicyclic) bond motifs is 1. The van der Waals surface area contributed by atoms with Crippen molar-refractivity contribution in [3.05, 3.63) is 54.1 Å². The van der Waals surface area contributed by atoms with Crippen molar-refractivity contribution in [2.24, 2.45) is 0 Å². The van der Waals surface area contributed by atoms with E-state index in [0.29, 0.717) is 0 Å². The first-order valence-electron chi connectivity index (χ1n) is 4.88. The fourth-order valence-electron chi connectivity index (χ4n) is 1.82. The molecule has 72 valence electrons. The van der Waals surface area contributed by atoms with Crippen molar-refractivity contribution in [1.29, 1.82) is 0 Å². The molecule has 0 bridgehead atoms. The summed E-state index contributed by atoms with van der Waals surface area (Å²) in [6.07, 6.45) is 5.51. The molecule has 2 aromatic carbocycles. The maximum absolute atomic E-state index is 5.51. The lowest BCUT2D eigenvalue weighted by Crippen LogP contribution is -1.86. The minimum absolute atomic E-state index is 0.936. The Morgan fingerprint density at radius 3 is 2.47 bits per heavy atom. The Morgan fingerprint density at radius 1 is 1.20 bits per heavy atom. The number of rotatable bonds is 1. The summed E-state index contributed by atoms with van der Waals surface area (Å²) in [5.74, 6) is 2.72. The van der Waals surface area contributed by atoms with Gasteiger partial charge in [0.2, 0.25) is 0 Å². The van der Waals surface area contributed by atoms with Crippen LogP contribution in [0.4, 0.5) is 0 Å². The summed E-state index contributed by atoms with van der Waals surface area (Å²) in [4.78, 5) is 0. The fourth-order valence-corrected chi connectivity index (χ4v) is 1.82. The first kappa shape index (κ1) is 9.55. The highest BCUT2D eigenvalue weighted by Gasteiger charge is 2.04. The zero-order valence-electron chi connectivity index (χ0n) is 8.75. The molecule has 0 spiro atoms. The minimum atomic E-state index is 0.936. The lowest BCUT2D eigenvalue weighted by atomic mass is 9.96. The van der Waals surface area contributed by atoms with Gasteiger partial charge in [-0.15, -0.1) is 6.42 Å². The van der Waals surface area contributed by atoms with Crippen molar-refractivity contribution in [3.8, 4) is 12.3 Å². The summed E-state index contributed by atoms with van der Waals surface area (Å²) in [6, 6.07) is 12.2. The molecule has 0 unspecified atom stereocenters. The predicted octanol–water partition coefficient (Wildman–Crippen LogP) is 3.85. The highest BCUT2D eigenvalue weighted by atomic mass is 14.1. The van der Waals surface area contributed by atoms with Crippen LogP contribution < -0.4 is 0 Å². The topological polar surface area (TPSA) is 0 Å². The molecule has 0 nitrogen and oxygen atoms in total. The van der Waals surface area contributed by atoms with Crippen LogP contribution in [0.3, 0.4) is 0 Å². The third-order valence-corrected chi connectivity index (χ3v) is 2.52. The Labute approximate surface area is 90.2 Å². The van der Waals surface area contributed by atoms with Crippen molar-refractivity contribution in [2.45, 2.75) is 6.92 Å². The van der Waals surface area contributed by atoms with Gasteiger partial charge in [-0.2, -0.15) is 0 Å². The number of allylic oxidation sites excluding steroid dienone is 1. The Kier molecular flexibility index (Phi) is 2.31. The maximum Gasteiger partial charge on any atom is 0.0327 e. The zero-order valence-corrected chi connectivity index (χ0v) is 8.75. The van der Waals surface area contributed by atoms with E-state index in [1.165, 1.54) is 5.39 Å². The summed E-state index contributed by atoms with van der Waals surface area (Å²) in [5, 5.41) is 2.31. The van der Waals surface area contributed by atoms with Crippen LogP contribution in [0.25, 0.3) is 16.3 Å². The summed E-state index contributed by atoms with van der Waals surface area (Å²) in [5.41, 5.74) is 3.12. The van der Waals surface area contributed by atoms with Gasteiger partial charge in [0, 0.05) is 10.9 Å². The van der Waals surface area contributed by atoms with Crippen LogP contribution in [0, 0.1) is 12.3 Å². The fraction of sp³-hybridized carbons (Fsp3) is 0.0667. The predicted molar refractivity (Wildman–Crippen MR) is 66.6 cm³/mol. The Hall–Kier alpha value is -2.00. The summed E-state index contributed by atoms with van der Waals surface area (Å²) in [6.45, 7) is 5.98. The van der Waals surface area contributed by atoms with Gasteiger partial charge in [0.15, 0.2) is 0 Å². The van der Waals surface area contributed by atoms with Gasteiger partial charge in [0.05, 0.1) is 0 Å². The molecule has 15 heavy (non-hydrogen) atoms. The normalized spacial score (nSPS) is 9.87. The van der Waals surface area contributed by atoms with Crippen molar-refractivity contribution >= 4 is 16.3 Å². The standard InChI is InChI=1S/C15H12/c1-4-12-7-5-8-13-9-6-10-14(11(2)3)15(12)13/h1,5-10H,2H2,3H3. The lowest BCUT2D eigenvalue weighted by molar-refractivity contribution is 1.62. The van der Waals surface area contributed by atoms with Crippen LogP contribution in [-0.2, 0) is 0 Å². The zero-order chi connectivity index (χ0) is 10.8. The minimum Gasteiger partial charge on any atom is -0.115 e. The second-order valence-corrected chi connectivity index (χ2v) is 3.63. The summed E-state index contributed by atoms with van der Waals surface area (Å²) in [7, 11) is 0. The summed E-state index contributed by atoms with van der Waals surface area (Å²) < 4.78 is 0. The Morgan fingerprint density at radius 2 is 1.87 bits per heavy atom. The van der Waals surface area contributed by atoms with Crippen molar-refractivity contribution in [3.63, 3.8) is 0 Å². The molecule has 0 aliphatic rings. The van der Waals surface area contributed by atoms with Gasteiger partial charge in [-0.3, -0.25) is 0 Å². The third kappa shape index (κ3) is 1.53. The molecule has 0 aliphatic heterocycles. The molecule has 0 heteroatoms. The number of hydrogen-bond donors (Lipinski definition) is 0. The van der Waals surface area contributed by atoms with E-state index in [4.69, 9.17) is 6.42 Å². The van der Waals surface area contributed by atoms with E-state index >= 15 is 0 Å². The van der Waals surface area contributed by atoms with E-state index < -0.39 is 0 Å². The van der Waals surface area contributed by atoms with Crippen LogP contribution >= 0.6 is 0 Å². The van der Waals surface area contributed by atoms with E-state index in [2.05, 4.69) is 30.7 Å². The molecule has 0 aromatic heterocycles. The molecular weight excluding hydrogens is 180 g/mol. The van der Waals surface area contributed by atoms with Crippen molar-refractivity contribution < 1.29 is 0 Å². The van der Waals surface area contributed by atoms with Crippen LogP contribution in [0.1, 0.15) is 18.1 Å². The molecule has 0 N–H and O–H groups in total. The van der Waals surface area contributed by atoms with Crippen LogP contribution in [0.2, 0.25) is 0 Å². The largest absolute Gasteiger partial charge is 0.115 e. The molecule has 2 aromatic rings. The van der Waals surface area contributed by atoms with Crippen molar-refractivity contribution in [1.82, 2.24) is 0 Å². The van der Waals surface area contributed by atoms with E-state index in [9.17, 15) is 0 Å². The van der Waals surface area contributed by atoms with Crippen molar-refractivity contribution in [2.75, 3.05) is 0 Å². The first-order chi connectivity index (χ1) is 7.24. The smallest absolute Gasteiger partial charge is 0.0327 e.